The van der Waals surface area contributed by atoms with Gasteiger partial charge in [-0.05, 0) is 31.4 Å². The van der Waals surface area contributed by atoms with E-state index in [0.717, 1.165) is 25.9 Å². The van der Waals surface area contributed by atoms with Gasteiger partial charge in [0, 0.05) is 38.1 Å². The van der Waals surface area contributed by atoms with Crippen LogP contribution in [-0.2, 0) is 14.8 Å². The highest BCUT2D eigenvalue weighted by molar-refractivity contribution is 7.89. The standard InChI is InChI=1S/C16H23N3O3S/c20-16(19-11-9-13-6-7-14(12-19)18-13)8-10-17-23(21,22)15-4-2-1-3-5-15/h1-5,13-14,17-18H,6-12H2. The number of sulfonamides is 1. The molecule has 1 aromatic rings. The summed E-state index contributed by atoms with van der Waals surface area (Å²) in [6.45, 7) is 1.63. The van der Waals surface area contributed by atoms with E-state index in [4.69, 9.17) is 0 Å². The van der Waals surface area contributed by atoms with Gasteiger partial charge in [-0.2, -0.15) is 0 Å². The summed E-state index contributed by atoms with van der Waals surface area (Å²) in [5, 5.41) is 3.53. The van der Waals surface area contributed by atoms with Crippen LogP contribution in [-0.4, -0.2) is 50.9 Å². The Morgan fingerprint density at radius 3 is 2.70 bits per heavy atom. The normalized spacial score (nSPS) is 24.4. The van der Waals surface area contributed by atoms with Gasteiger partial charge in [-0.15, -0.1) is 0 Å². The van der Waals surface area contributed by atoms with E-state index in [1.807, 2.05) is 4.90 Å². The molecule has 2 saturated heterocycles. The number of benzene rings is 1. The smallest absolute Gasteiger partial charge is 0.240 e. The summed E-state index contributed by atoms with van der Waals surface area (Å²) in [4.78, 5) is 14.4. The minimum atomic E-state index is -3.54. The van der Waals surface area contributed by atoms with Crippen LogP contribution in [0.3, 0.4) is 0 Å². The van der Waals surface area contributed by atoms with Crippen LogP contribution in [0.5, 0.6) is 0 Å². The summed E-state index contributed by atoms with van der Waals surface area (Å²) < 4.78 is 26.7. The molecule has 0 radical (unpaired) electrons. The van der Waals surface area contributed by atoms with Crippen molar-refractivity contribution in [3.05, 3.63) is 30.3 Å². The molecule has 2 unspecified atom stereocenters. The fourth-order valence-corrected chi connectivity index (χ4v) is 4.36. The van der Waals surface area contributed by atoms with Crippen LogP contribution in [0.25, 0.3) is 0 Å². The van der Waals surface area contributed by atoms with Crippen LogP contribution in [0, 0.1) is 0 Å². The van der Waals surface area contributed by atoms with Gasteiger partial charge < -0.3 is 10.2 Å². The molecular weight excluding hydrogens is 314 g/mol. The highest BCUT2D eigenvalue weighted by Crippen LogP contribution is 2.20. The van der Waals surface area contributed by atoms with E-state index in [9.17, 15) is 13.2 Å². The lowest BCUT2D eigenvalue weighted by molar-refractivity contribution is -0.131. The van der Waals surface area contributed by atoms with Gasteiger partial charge in [-0.3, -0.25) is 4.79 Å². The van der Waals surface area contributed by atoms with Crippen LogP contribution in [0.4, 0.5) is 0 Å². The maximum atomic E-state index is 12.3. The number of carbonyl (C=O) groups is 1. The van der Waals surface area contributed by atoms with Gasteiger partial charge in [0.2, 0.25) is 15.9 Å². The number of nitrogens with one attached hydrogen (secondary N) is 2. The molecule has 3 rings (SSSR count). The maximum Gasteiger partial charge on any atom is 0.240 e. The number of likely N-dealkylation sites (tertiary alicyclic amines) is 1. The lowest BCUT2D eigenvalue weighted by Gasteiger charge is -2.24. The van der Waals surface area contributed by atoms with Crippen molar-refractivity contribution in [3.63, 3.8) is 0 Å². The number of rotatable bonds is 5. The number of nitrogens with zero attached hydrogens (tertiary/aromatic N) is 1. The van der Waals surface area contributed by atoms with E-state index in [0.29, 0.717) is 12.1 Å². The van der Waals surface area contributed by atoms with Gasteiger partial charge >= 0.3 is 0 Å². The van der Waals surface area contributed by atoms with Crippen LogP contribution >= 0.6 is 0 Å². The van der Waals surface area contributed by atoms with E-state index >= 15 is 0 Å². The topological polar surface area (TPSA) is 78.5 Å². The third kappa shape index (κ3) is 4.10. The van der Waals surface area contributed by atoms with Gasteiger partial charge in [-0.25, -0.2) is 13.1 Å². The molecule has 126 valence electrons. The summed E-state index contributed by atoms with van der Waals surface area (Å²) >= 11 is 0. The molecule has 6 nitrogen and oxygen atoms in total. The number of carbonyl (C=O) groups excluding carboxylic acids is 1. The Morgan fingerprint density at radius 1 is 1.17 bits per heavy atom. The largest absolute Gasteiger partial charge is 0.341 e. The first-order valence-corrected chi connectivity index (χ1v) is 9.61. The minimum absolute atomic E-state index is 0.0233. The fourth-order valence-electron chi connectivity index (χ4n) is 3.30. The second-order valence-corrected chi connectivity index (χ2v) is 7.99. The van der Waals surface area contributed by atoms with E-state index in [2.05, 4.69) is 10.0 Å². The predicted molar refractivity (Wildman–Crippen MR) is 87.4 cm³/mol. The first kappa shape index (κ1) is 16.4. The summed E-state index contributed by atoms with van der Waals surface area (Å²) in [6.07, 6.45) is 3.50. The average Bonchev–Trinajstić information content (AvgIpc) is 2.87. The molecule has 0 aromatic heterocycles. The molecule has 2 atom stereocenters. The molecular formula is C16H23N3O3S. The van der Waals surface area contributed by atoms with Gasteiger partial charge in [0.25, 0.3) is 0 Å². The van der Waals surface area contributed by atoms with Crippen LogP contribution < -0.4 is 10.0 Å². The first-order valence-electron chi connectivity index (χ1n) is 8.13. The Bertz CT molecular complexity index is 648. The predicted octanol–water partition coefficient (Wildman–Crippen LogP) is 0.708. The van der Waals surface area contributed by atoms with Gasteiger partial charge in [0.15, 0.2) is 0 Å². The zero-order chi connectivity index (χ0) is 16.3. The van der Waals surface area contributed by atoms with Crippen molar-refractivity contribution in [2.45, 2.75) is 42.7 Å². The molecule has 2 N–H and O–H groups in total. The Balaban J connectivity index is 1.49. The molecule has 23 heavy (non-hydrogen) atoms. The van der Waals surface area contributed by atoms with Crippen molar-refractivity contribution in [1.29, 1.82) is 0 Å². The quantitative estimate of drug-likeness (QED) is 0.829. The summed E-state index contributed by atoms with van der Waals surface area (Å²) in [7, 11) is -3.54. The van der Waals surface area contributed by atoms with E-state index in [-0.39, 0.29) is 23.8 Å². The average molecular weight is 337 g/mol. The van der Waals surface area contributed by atoms with Crippen LogP contribution in [0.2, 0.25) is 0 Å². The molecule has 1 aromatic carbocycles. The lowest BCUT2D eigenvalue weighted by atomic mass is 10.1. The number of hydrogen-bond acceptors (Lipinski definition) is 4. The molecule has 0 saturated carbocycles. The maximum absolute atomic E-state index is 12.3. The molecule has 2 bridgehead atoms. The molecule has 2 aliphatic rings. The Labute approximate surface area is 137 Å². The molecule has 2 aliphatic heterocycles. The zero-order valence-electron chi connectivity index (χ0n) is 13.1. The molecule has 2 heterocycles. The zero-order valence-corrected chi connectivity index (χ0v) is 13.9. The van der Waals surface area contributed by atoms with Gasteiger partial charge in [0.1, 0.15) is 0 Å². The summed E-state index contributed by atoms with van der Waals surface area (Å²) in [5.74, 6) is 0.0233. The van der Waals surface area contributed by atoms with Crippen molar-refractivity contribution < 1.29 is 13.2 Å². The Hall–Kier alpha value is -1.44. The monoisotopic (exact) mass is 337 g/mol. The highest BCUT2D eigenvalue weighted by Gasteiger charge is 2.30. The van der Waals surface area contributed by atoms with Crippen molar-refractivity contribution in [3.8, 4) is 0 Å². The summed E-state index contributed by atoms with van der Waals surface area (Å²) in [6, 6.07) is 9.14. The second-order valence-electron chi connectivity index (χ2n) is 6.23. The number of fused-ring (bicyclic) bond motifs is 2. The van der Waals surface area contributed by atoms with Gasteiger partial charge in [0.05, 0.1) is 4.90 Å². The van der Waals surface area contributed by atoms with Crippen LogP contribution in [0.1, 0.15) is 25.7 Å². The van der Waals surface area contributed by atoms with Crippen LogP contribution in [0.15, 0.2) is 35.2 Å². The van der Waals surface area contributed by atoms with E-state index < -0.39 is 10.0 Å². The fraction of sp³-hybridized carbons (Fsp3) is 0.562. The second kappa shape index (κ2) is 6.98. The lowest BCUT2D eigenvalue weighted by Crippen LogP contribution is -2.40. The molecule has 7 heteroatoms. The minimum Gasteiger partial charge on any atom is -0.341 e. The Kier molecular flexibility index (Phi) is 4.99. The summed E-state index contributed by atoms with van der Waals surface area (Å²) in [5.41, 5.74) is 0. The van der Waals surface area contributed by atoms with Crippen molar-refractivity contribution in [1.82, 2.24) is 14.9 Å². The molecule has 0 spiro atoms. The Morgan fingerprint density at radius 2 is 1.91 bits per heavy atom. The molecule has 1 amide bonds. The SMILES string of the molecule is O=C(CCNS(=O)(=O)c1ccccc1)N1CCC2CCC(C1)N2. The van der Waals surface area contributed by atoms with Crippen molar-refractivity contribution in [2.75, 3.05) is 19.6 Å². The van der Waals surface area contributed by atoms with Gasteiger partial charge in [-0.1, -0.05) is 18.2 Å². The van der Waals surface area contributed by atoms with E-state index in [1.54, 1.807) is 30.3 Å². The number of amides is 1. The third-order valence-electron chi connectivity index (χ3n) is 4.56. The highest BCUT2D eigenvalue weighted by atomic mass is 32.2. The van der Waals surface area contributed by atoms with Crippen molar-refractivity contribution >= 4 is 15.9 Å². The molecule has 0 aliphatic carbocycles. The molecule has 2 fully saturated rings. The third-order valence-corrected chi connectivity index (χ3v) is 6.04. The number of hydrogen-bond donors (Lipinski definition) is 2. The van der Waals surface area contributed by atoms with Crippen molar-refractivity contribution in [2.24, 2.45) is 0 Å². The van der Waals surface area contributed by atoms with E-state index in [1.165, 1.54) is 6.42 Å². The first-order chi connectivity index (χ1) is 11.0.